The monoisotopic (exact) mass is 497 g/mol. The van der Waals surface area contributed by atoms with E-state index in [9.17, 15) is 9.59 Å². The lowest BCUT2D eigenvalue weighted by Gasteiger charge is -2.19. The van der Waals surface area contributed by atoms with Gasteiger partial charge in [0.1, 0.15) is 15.8 Å². The third kappa shape index (κ3) is 4.98. The first kappa shape index (κ1) is 23.1. The van der Waals surface area contributed by atoms with E-state index in [0.717, 1.165) is 5.56 Å². The molecule has 0 aliphatic heterocycles. The lowest BCUT2D eigenvalue weighted by Crippen LogP contribution is -2.24. The molecule has 1 amide bonds. The molecular formula is C24H20ClN3O3S2. The number of carbonyl (C=O) groups excluding carboxylic acids is 1. The fraction of sp³-hybridized carbons (Fsp3) is 0.125. The topological polar surface area (TPSA) is 73.2 Å². The van der Waals surface area contributed by atoms with Crippen molar-refractivity contribution >= 4 is 56.5 Å². The van der Waals surface area contributed by atoms with E-state index in [4.69, 9.17) is 16.3 Å². The van der Waals surface area contributed by atoms with Crippen LogP contribution in [0.25, 0.3) is 10.2 Å². The van der Waals surface area contributed by atoms with Gasteiger partial charge in [0.05, 0.1) is 17.5 Å². The maximum Gasteiger partial charge on any atom is 0.263 e. The Labute approximate surface area is 203 Å². The summed E-state index contributed by atoms with van der Waals surface area (Å²) < 4.78 is 6.72. The minimum atomic E-state index is -0.660. The summed E-state index contributed by atoms with van der Waals surface area (Å²) in [7, 11) is 1.53. The number of aromatic nitrogens is 2. The fourth-order valence-electron chi connectivity index (χ4n) is 3.27. The first-order valence-corrected chi connectivity index (χ1v) is 12.1. The van der Waals surface area contributed by atoms with E-state index in [0.29, 0.717) is 31.8 Å². The van der Waals surface area contributed by atoms with E-state index in [1.807, 2.05) is 35.7 Å². The molecule has 2 aromatic carbocycles. The van der Waals surface area contributed by atoms with Gasteiger partial charge in [-0.2, -0.15) is 0 Å². The molecule has 1 atom stereocenters. The van der Waals surface area contributed by atoms with Crippen molar-refractivity contribution in [2.75, 3.05) is 12.4 Å². The third-order valence-corrected chi connectivity index (χ3v) is 7.19. The highest BCUT2D eigenvalue weighted by molar-refractivity contribution is 8.00. The third-order valence-electron chi connectivity index (χ3n) is 4.84. The predicted octanol–water partition coefficient (Wildman–Crippen LogP) is 5.78. The van der Waals surface area contributed by atoms with Crippen LogP contribution in [0.1, 0.15) is 10.8 Å². The van der Waals surface area contributed by atoms with Gasteiger partial charge < -0.3 is 10.1 Å². The molecule has 33 heavy (non-hydrogen) atoms. The zero-order valence-electron chi connectivity index (χ0n) is 17.7. The summed E-state index contributed by atoms with van der Waals surface area (Å²) in [6, 6.07) is 16.2. The summed E-state index contributed by atoms with van der Waals surface area (Å²) in [6.45, 7) is 4.05. The van der Waals surface area contributed by atoms with Crippen molar-refractivity contribution in [3.63, 3.8) is 0 Å². The molecule has 0 radical (unpaired) electrons. The molecule has 2 heterocycles. The van der Waals surface area contributed by atoms with E-state index in [-0.39, 0.29) is 18.0 Å². The molecular weight excluding hydrogens is 478 g/mol. The number of anilines is 1. The number of nitrogens with zero attached hydrogens (tertiary/aromatic N) is 2. The Morgan fingerprint density at radius 2 is 2.09 bits per heavy atom. The lowest BCUT2D eigenvalue weighted by molar-refractivity contribution is -0.115. The van der Waals surface area contributed by atoms with Crippen LogP contribution in [-0.4, -0.2) is 22.6 Å². The number of halogens is 1. The fourth-order valence-corrected chi connectivity index (χ4v) is 5.44. The summed E-state index contributed by atoms with van der Waals surface area (Å²) in [4.78, 5) is 31.8. The van der Waals surface area contributed by atoms with Crippen LogP contribution in [0.2, 0.25) is 5.02 Å². The highest BCUT2D eigenvalue weighted by Gasteiger charge is 2.25. The van der Waals surface area contributed by atoms with Crippen molar-refractivity contribution < 1.29 is 9.53 Å². The second-order valence-electron chi connectivity index (χ2n) is 6.99. The average Bonchev–Trinajstić information content (AvgIpc) is 3.29. The molecule has 0 bridgehead atoms. The molecule has 0 saturated carbocycles. The molecule has 0 saturated heterocycles. The number of thioether (sulfide) groups is 1. The minimum Gasteiger partial charge on any atom is -0.495 e. The summed E-state index contributed by atoms with van der Waals surface area (Å²) >= 11 is 8.83. The largest absolute Gasteiger partial charge is 0.495 e. The molecule has 1 unspecified atom stereocenters. The van der Waals surface area contributed by atoms with Crippen LogP contribution in [0.4, 0.5) is 5.69 Å². The Morgan fingerprint density at radius 3 is 2.79 bits per heavy atom. The van der Waals surface area contributed by atoms with Crippen LogP contribution in [0, 0.1) is 0 Å². The highest BCUT2D eigenvalue weighted by Crippen LogP contribution is 2.36. The van der Waals surface area contributed by atoms with Gasteiger partial charge in [0, 0.05) is 12.2 Å². The number of carbonyl (C=O) groups is 1. The molecule has 2 aromatic heterocycles. The Morgan fingerprint density at radius 1 is 1.30 bits per heavy atom. The summed E-state index contributed by atoms with van der Waals surface area (Å²) in [5.41, 5.74) is 1.17. The van der Waals surface area contributed by atoms with Crippen molar-refractivity contribution in [2.45, 2.75) is 17.0 Å². The van der Waals surface area contributed by atoms with Crippen LogP contribution in [0.3, 0.4) is 0 Å². The molecule has 0 aliphatic rings. The second kappa shape index (κ2) is 10.2. The van der Waals surface area contributed by atoms with Gasteiger partial charge in [0.15, 0.2) is 5.16 Å². The van der Waals surface area contributed by atoms with Crippen molar-refractivity contribution in [1.82, 2.24) is 9.55 Å². The molecule has 0 spiro atoms. The van der Waals surface area contributed by atoms with Crippen LogP contribution < -0.4 is 15.6 Å². The Bertz CT molecular complexity index is 1370. The van der Waals surface area contributed by atoms with Gasteiger partial charge >= 0.3 is 0 Å². The zero-order valence-corrected chi connectivity index (χ0v) is 20.0. The Balaban J connectivity index is 1.72. The summed E-state index contributed by atoms with van der Waals surface area (Å²) in [5.74, 6) is 0.253. The maximum absolute atomic E-state index is 13.4. The number of hydrogen-bond donors (Lipinski definition) is 1. The van der Waals surface area contributed by atoms with Gasteiger partial charge in [0.25, 0.3) is 5.56 Å². The van der Waals surface area contributed by atoms with Gasteiger partial charge in [-0.1, -0.05) is 59.8 Å². The molecule has 4 aromatic rings. The molecule has 1 N–H and O–H groups in total. The van der Waals surface area contributed by atoms with Crippen LogP contribution in [0.15, 0.2) is 82.6 Å². The first-order valence-electron chi connectivity index (χ1n) is 9.96. The smallest absolute Gasteiger partial charge is 0.263 e. The SMILES string of the molecule is C=CCn1c(SC(C(=O)Nc2ccc(OC)c(Cl)c2)c2ccccc2)nc2sccc2c1=O. The number of ether oxygens (including phenoxy) is 1. The van der Waals surface area contributed by atoms with Gasteiger partial charge in [0.2, 0.25) is 5.91 Å². The number of thiophene rings is 1. The minimum absolute atomic E-state index is 0.155. The van der Waals surface area contributed by atoms with E-state index >= 15 is 0 Å². The van der Waals surface area contributed by atoms with E-state index in [1.165, 1.54) is 30.2 Å². The van der Waals surface area contributed by atoms with E-state index in [1.54, 1.807) is 34.9 Å². The van der Waals surface area contributed by atoms with Gasteiger partial charge in [-0.05, 0) is 35.2 Å². The number of hydrogen-bond acceptors (Lipinski definition) is 6. The van der Waals surface area contributed by atoms with E-state index in [2.05, 4.69) is 16.9 Å². The zero-order chi connectivity index (χ0) is 23.4. The van der Waals surface area contributed by atoms with Gasteiger partial charge in [-0.15, -0.1) is 17.9 Å². The number of benzene rings is 2. The molecule has 0 fully saturated rings. The van der Waals surface area contributed by atoms with Crippen molar-refractivity contribution in [1.29, 1.82) is 0 Å². The number of nitrogens with one attached hydrogen (secondary N) is 1. The number of allylic oxidation sites excluding steroid dienone is 1. The highest BCUT2D eigenvalue weighted by atomic mass is 35.5. The Kier molecular flexibility index (Phi) is 7.17. The molecule has 0 aliphatic carbocycles. The second-order valence-corrected chi connectivity index (χ2v) is 9.36. The lowest BCUT2D eigenvalue weighted by atomic mass is 10.1. The summed E-state index contributed by atoms with van der Waals surface area (Å²) in [6.07, 6.45) is 1.64. The molecule has 9 heteroatoms. The number of fused-ring (bicyclic) bond motifs is 1. The van der Waals surface area contributed by atoms with E-state index < -0.39 is 5.25 Å². The van der Waals surface area contributed by atoms with Crippen LogP contribution >= 0.6 is 34.7 Å². The van der Waals surface area contributed by atoms with Crippen molar-refractivity contribution in [3.05, 3.63) is 93.6 Å². The van der Waals surface area contributed by atoms with Crippen molar-refractivity contribution in [3.8, 4) is 5.75 Å². The van der Waals surface area contributed by atoms with Crippen LogP contribution in [-0.2, 0) is 11.3 Å². The standard InChI is InChI=1S/C24H20ClN3O3S2/c1-3-12-28-23(30)17-11-13-32-22(17)27-24(28)33-20(15-7-5-4-6-8-15)21(29)26-16-9-10-19(31-2)18(25)14-16/h3-11,13-14,20H,1,12H2,2H3,(H,26,29). The predicted molar refractivity (Wildman–Crippen MR) is 136 cm³/mol. The van der Waals surface area contributed by atoms with Crippen LogP contribution in [0.5, 0.6) is 5.75 Å². The van der Waals surface area contributed by atoms with Gasteiger partial charge in [-0.3, -0.25) is 14.2 Å². The van der Waals surface area contributed by atoms with Gasteiger partial charge in [-0.25, -0.2) is 4.98 Å². The quantitative estimate of drug-likeness (QED) is 0.190. The molecule has 4 rings (SSSR count). The first-order chi connectivity index (χ1) is 16.0. The molecule has 6 nitrogen and oxygen atoms in total. The number of methoxy groups -OCH3 is 1. The number of amides is 1. The maximum atomic E-state index is 13.4. The number of rotatable bonds is 8. The average molecular weight is 498 g/mol. The Hall–Kier alpha value is -3.07. The molecule has 168 valence electrons. The summed E-state index contributed by atoms with van der Waals surface area (Å²) in [5, 5.41) is 5.49. The van der Waals surface area contributed by atoms with Crippen molar-refractivity contribution in [2.24, 2.45) is 0 Å². The normalized spacial score (nSPS) is 11.8.